The molecule has 0 saturated carbocycles. The third-order valence-electron chi connectivity index (χ3n) is 1.98. The van der Waals surface area contributed by atoms with Gasteiger partial charge in [-0.05, 0) is 19.1 Å². The second-order valence-electron chi connectivity index (χ2n) is 3.31. The Kier molecular flexibility index (Phi) is 3.60. The van der Waals surface area contributed by atoms with Crippen molar-refractivity contribution in [1.82, 2.24) is 0 Å². The fourth-order valence-electron chi connectivity index (χ4n) is 1.24. The van der Waals surface area contributed by atoms with Gasteiger partial charge in [-0.3, -0.25) is 4.79 Å². The Morgan fingerprint density at radius 2 is 2.00 bits per heavy atom. The van der Waals surface area contributed by atoms with E-state index in [1.165, 1.54) is 13.0 Å². The average Bonchev–Trinajstić information content (AvgIpc) is 2.14. The van der Waals surface area contributed by atoms with Crippen molar-refractivity contribution in [3.05, 3.63) is 34.3 Å². The first-order valence-corrected chi connectivity index (χ1v) is 4.78. The predicted octanol–water partition coefficient (Wildman–Crippen LogP) is 2.89. The van der Waals surface area contributed by atoms with Gasteiger partial charge in [-0.1, -0.05) is 17.7 Å². The molecule has 0 aliphatic carbocycles. The topological polar surface area (TPSA) is 43.1 Å². The number of Topliss-reactive ketones (excluding diaryl/α,β-unsaturated/α-hetero) is 1. The van der Waals surface area contributed by atoms with Gasteiger partial charge in [0.2, 0.25) is 0 Å². The van der Waals surface area contributed by atoms with E-state index in [2.05, 4.69) is 0 Å². The van der Waals surface area contributed by atoms with Crippen LogP contribution in [0.5, 0.6) is 0 Å². The Balaban J connectivity index is 3.41. The molecular weight excluding hydrogens is 243 g/mol. The first-order valence-electron chi connectivity index (χ1n) is 4.40. The number of benzene rings is 1. The molecule has 0 amide bonds. The summed E-state index contributed by atoms with van der Waals surface area (Å²) in [6.45, 7) is 1.31. The van der Waals surface area contributed by atoms with Crippen LogP contribution in [0.1, 0.15) is 22.8 Å². The number of rotatable bonds is 2. The van der Waals surface area contributed by atoms with Crippen LogP contribution >= 0.6 is 11.6 Å². The minimum atomic E-state index is -4.62. The second-order valence-corrected chi connectivity index (χ2v) is 3.72. The highest BCUT2D eigenvalue weighted by molar-refractivity contribution is 6.34. The summed E-state index contributed by atoms with van der Waals surface area (Å²) >= 11 is 5.60. The van der Waals surface area contributed by atoms with E-state index >= 15 is 0 Å². The largest absolute Gasteiger partial charge is 0.417 e. The monoisotopic (exact) mass is 251 g/mol. The summed E-state index contributed by atoms with van der Waals surface area (Å²) in [5.74, 6) is -0.821. The molecule has 16 heavy (non-hydrogen) atoms. The van der Waals surface area contributed by atoms with Crippen LogP contribution in [0, 0.1) is 0 Å². The molecule has 1 aromatic carbocycles. The van der Waals surface area contributed by atoms with Crippen molar-refractivity contribution < 1.29 is 18.0 Å². The lowest BCUT2D eigenvalue weighted by Gasteiger charge is -2.14. The van der Waals surface area contributed by atoms with Crippen LogP contribution in [0.4, 0.5) is 13.2 Å². The normalized spacial score (nSPS) is 13.6. The molecule has 2 N–H and O–H groups in total. The number of carbonyl (C=O) groups excluding carboxylic acids is 1. The van der Waals surface area contributed by atoms with E-state index in [1.807, 2.05) is 0 Å². The van der Waals surface area contributed by atoms with Crippen molar-refractivity contribution in [2.24, 2.45) is 5.73 Å². The van der Waals surface area contributed by atoms with E-state index in [1.54, 1.807) is 0 Å². The first kappa shape index (κ1) is 13.0. The highest BCUT2D eigenvalue weighted by atomic mass is 35.5. The number of halogens is 4. The molecule has 0 fully saturated rings. The van der Waals surface area contributed by atoms with Crippen LogP contribution in [0.3, 0.4) is 0 Å². The summed E-state index contributed by atoms with van der Waals surface area (Å²) in [6.07, 6.45) is -4.62. The Labute approximate surface area is 95.2 Å². The molecule has 0 aromatic heterocycles. The highest BCUT2D eigenvalue weighted by Crippen LogP contribution is 2.35. The molecule has 88 valence electrons. The van der Waals surface area contributed by atoms with Gasteiger partial charge >= 0.3 is 6.18 Å². The van der Waals surface area contributed by atoms with Crippen molar-refractivity contribution in [2.75, 3.05) is 0 Å². The van der Waals surface area contributed by atoms with E-state index in [9.17, 15) is 18.0 Å². The summed E-state index contributed by atoms with van der Waals surface area (Å²) in [5, 5.41) is -0.239. The third kappa shape index (κ3) is 2.54. The maximum atomic E-state index is 12.6. The van der Waals surface area contributed by atoms with E-state index < -0.39 is 29.1 Å². The summed E-state index contributed by atoms with van der Waals surface area (Å²) < 4.78 is 37.8. The molecule has 1 atom stereocenters. The number of carbonyl (C=O) groups is 1. The predicted molar refractivity (Wildman–Crippen MR) is 54.4 cm³/mol. The number of nitrogens with two attached hydrogens (primary N) is 1. The van der Waals surface area contributed by atoms with Gasteiger partial charge in [-0.25, -0.2) is 0 Å². The van der Waals surface area contributed by atoms with Gasteiger partial charge in [0.15, 0.2) is 5.78 Å². The number of ketones is 1. The minimum Gasteiger partial charge on any atom is -0.321 e. The Hall–Kier alpha value is -1.07. The van der Waals surface area contributed by atoms with Crippen molar-refractivity contribution in [1.29, 1.82) is 0 Å². The molecule has 1 unspecified atom stereocenters. The van der Waals surface area contributed by atoms with E-state index in [0.29, 0.717) is 0 Å². The molecular formula is C10H9ClF3NO. The van der Waals surface area contributed by atoms with Crippen LogP contribution in [-0.4, -0.2) is 11.8 Å². The van der Waals surface area contributed by atoms with E-state index in [-0.39, 0.29) is 5.02 Å². The fourth-order valence-corrected chi connectivity index (χ4v) is 1.51. The van der Waals surface area contributed by atoms with Gasteiger partial charge in [0.05, 0.1) is 22.2 Å². The van der Waals surface area contributed by atoms with Gasteiger partial charge in [-0.2, -0.15) is 13.2 Å². The van der Waals surface area contributed by atoms with Crippen LogP contribution < -0.4 is 5.73 Å². The minimum absolute atomic E-state index is 0.239. The van der Waals surface area contributed by atoms with E-state index in [4.69, 9.17) is 17.3 Å². The van der Waals surface area contributed by atoms with Crippen molar-refractivity contribution in [3.63, 3.8) is 0 Å². The number of alkyl halides is 3. The zero-order valence-electron chi connectivity index (χ0n) is 8.31. The van der Waals surface area contributed by atoms with E-state index in [0.717, 1.165) is 12.1 Å². The molecule has 0 aliphatic rings. The number of hydrogen-bond donors (Lipinski definition) is 1. The maximum absolute atomic E-state index is 12.6. The van der Waals surface area contributed by atoms with Crippen LogP contribution in [0.25, 0.3) is 0 Å². The van der Waals surface area contributed by atoms with Crippen molar-refractivity contribution >= 4 is 17.4 Å². The molecule has 0 radical (unpaired) electrons. The van der Waals surface area contributed by atoms with Gasteiger partial charge in [0, 0.05) is 0 Å². The lowest BCUT2D eigenvalue weighted by atomic mass is 9.99. The summed E-state index contributed by atoms with van der Waals surface area (Å²) in [4.78, 5) is 11.5. The molecule has 0 saturated heterocycles. The smallest absolute Gasteiger partial charge is 0.321 e. The van der Waals surface area contributed by atoms with Gasteiger partial charge in [0.25, 0.3) is 0 Å². The molecule has 1 aromatic rings. The number of hydrogen-bond acceptors (Lipinski definition) is 2. The lowest BCUT2D eigenvalue weighted by Crippen LogP contribution is -2.29. The van der Waals surface area contributed by atoms with Crippen molar-refractivity contribution in [2.45, 2.75) is 19.1 Å². The van der Waals surface area contributed by atoms with Gasteiger partial charge < -0.3 is 5.73 Å². The molecule has 0 heterocycles. The molecule has 0 spiro atoms. The summed E-state index contributed by atoms with van der Waals surface area (Å²) in [7, 11) is 0. The summed E-state index contributed by atoms with van der Waals surface area (Å²) in [5.41, 5.74) is 3.66. The molecule has 2 nitrogen and oxygen atoms in total. The zero-order valence-corrected chi connectivity index (χ0v) is 9.06. The second kappa shape index (κ2) is 4.43. The molecule has 1 rings (SSSR count). The Morgan fingerprint density at radius 1 is 1.44 bits per heavy atom. The molecule has 6 heteroatoms. The standard InChI is InChI=1S/C10H9ClF3NO/c1-5(15)9(16)8-6(10(12,13)14)3-2-4-7(8)11/h2-5H,15H2,1H3. The zero-order chi connectivity index (χ0) is 12.5. The highest BCUT2D eigenvalue weighted by Gasteiger charge is 2.36. The quantitative estimate of drug-likeness (QED) is 0.822. The molecule has 0 bridgehead atoms. The van der Waals surface area contributed by atoms with Gasteiger partial charge in [0.1, 0.15) is 0 Å². The average molecular weight is 252 g/mol. The van der Waals surface area contributed by atoms with Crippen LogP contribution in [-0.2, 0) is 6.18 Å². The Morgan fingerprint density at radius 3 is 2.44 bits per heavy atom. The fraction of sp³-hybridized carbons (Fsp3) is 0.300. The Bertz CT molecular complexity index is 415. The van der Waals surface area contributed by atoms with Crippen LogP contribution in [0.15, 0.2) is 18.2 Å². The van der Waals surface area contributed by atoms with Gasteiger partial charge in [-0.15, -0.1) is 0 Å². The van der Waals surface area contributed by atoms with Crippen molar-refractivity contribution in [3.8, 4) is 0 Å². The SMILES string of the molecule is CC(N)C(=O)c1c(Cl)cccc1C(F)(F)F. The first-order chi connectivity index (χ1) is 7.25. The summed E-state index contributed by atoms with van der Waals surface area (Å²) in [6, 6.07) is 2.15. The lowest BCUT2D eigenvalue weighted by molar-refractivity contribution is -0.137. The molecule has 0 aliphatic heterocycles. The maximum Gasteiger partial charge on any atom is 0.417 e. The van der Waals surface area contributed by atoms with Crippen LogP contribution in [0.2, 0.25) is 5.02 Å². The third-order valence-corrected chi connectivity index (χ3v) is 2.29.